The summed E-state index contributed by atoms with van der Waals surface area (Å²) in [6, 6.07) is 11.3. The molecule has 2 rings (SSSR count). The zero-order chi connectivity index (χ0) is 13.0. The third kappa shape index (κ3) is 2.43. The molecule has 0 bridgehead atoms. The molecular formula is C14H14O4. The van der Waals surface area contributed by atoms with Crippen molar-refractivity contribution in [3.05, 3.63) is 42.0 Å². The summed E-state index contributed by atoms with van der Waals surface area (Å²) in [4.78, 5) is 11.7. The Balaban J connectivity index is 2.52. The Labute approximate surface area is 105 Å². The van der Waals surface area contributed by atoms with Crippen LogP contribution in [0.1, 0.15) is 10.4 Å². The van der Waals surface area contributed by atoms with Gasteiger partial charge in [0.2, 0.25) is 0 Å². The molecule has 2 aromatic rings. The number of ether oxygens (including phenoxy) is 3. The minimum atomic E-state index is -0.424. The van der Waals surface area contributed by atoms with Gasteiger partial charge in [0.1, 0.15) is 11.3 Å². The van der Waals surface area contributed by atoms with E-state index in [1.165, 1.54) is 14.2 Å². The predicted octanol–water partition coefficient (Wildman–Crippen LogP) is 2.61. The molecule has 0 N–H and O–H groups in total. The Kier molecular flexibility index (Phi) is 3.79. The topological polar surface area (TPSA) is 44.8 Å². The highest BCUT2D eigenvalue weighted by molar-refractivity contribution is 5.98. The molecule has 0 aliphatic rings. The molecule has 0 spiro atoms. The summed E-state index contributed by atoms with van der Waals surface area (Å²) in [7, 11) is 2.87. The third-order valence-electron chi connectivity index (χ3n) is 2.59. The average Bonchev–Trinajstić information content (AvgIpc) is 2.43. The van der Waals surface area contributed by atoms with Gasteiger partial charge in [-0.3, -0.25) is 0 Å². The van der Waals surface area contributed by atoms with E-state index in [4.69, 9.17) is 14.2 Å². The van der Waals surface area contributed by atoms with E-state index in [1.54, 1.807) is 12.1 Å². The second kappa shape index (κ2) is 5.51. The van der Waals surface area contributed by atoms with E-state index in [1.807, 2.05) is 24.3 Å². The molecule has 0 atom stereocenters. The molecule has 0 saturated heterocycles. The summed E-state index contributed by atoms with van der Waals surface area (Å²) in [6.45, 7) is 0.0856. The fourth-order valence-electron chi connectivity index (χ4n) is 1.73. The van der Waals surface area contributed by atoms with Crippen LogP contribution in [0.5, 0.6) is 5.75 Å². The van der Waals surface area contributed by atoms with Gasteiger partial charge in [-0.2, -0.15) is 0 Å². The van der Waals surface area contributed by atoms with Crippen molar-refractivity contribution in [2.45, 2.75) is 0 Å². The monoisotopic (exact) mass is 246 g/mol. The first-order valence-electron chi connectivity index (χ1n) is 5.49. The third-order valence-corrected chi connectivity index (χ3v) is 2.59. The van der Waals surface area contributed by atoms with Gasteiger partial charge in [-0.1, -0.05) is 24.3 Å². The van der Waals surface area contributed by atoms with E-state index in [0.29, 0.717) is 11.3 Å². The minimum Gasteiger partial charge on any atom is -0.467 e. The van der Waals surface area contributed by atoms with Crippen molar-refractivity contribution < 1.29 is 19.0 Å². The number of rotatable bonds is 4. The Hall–Kier alpha value is -2.07. The lowest BCUT2D eigenvalue weighted by Crippen LogP contribution is -2.07. The number of fused-ring (bicyclic) bond motifs is 1. The SMILES string of the molecule is COCOc1cc2ccccc2cc1C(=O)OC. The van der Waals surface area contributed by atoms with Crippen LogP contribution in [0, 0.1) is 0 Å². The van der Waals surface area contributed by atoms with Crippen LogP contribution in [0.3, 0.4) is 0 Å². The molecule has 0 heterocycles. The van der Waals surface area contributed by atoms with E-state index in [0.717, 1.165) is 10.8 Å². The van der Waals surface area contributed by atoms with Crippen molar-refractivity contribution in [2.24, 2.45) is 0 Å². The van der Waals surface area contributed by atoms with E-state index in [9.17, 15) is 4.79 Å². The van der Waals surface area contributed by atoms with Crippen LogP contribution >= 0.6 is 0 Å². The van der Waals surface area contributed by atoms with Gasteiger partial charge in [-0.25, -0.2) is 4.79 Å². The molecule has 0 saturated carbocycles. The highest BCUT2D eigenvalue weighted by Gasteiger charge is 2.14. The number of methoxy groups -OCH3 is 2. The molecule has 18 heavy (non-hydrogen) atoms. The molecule has 4 nitrogen and oxygen atoms in total. The summed E-state index contributed by atoms with van der Waals surface area (Å²) >= 11 is 0. The standard InChI is InChI=1S/C14H14O4/c1-16-9-18-13-8-11-6-4-3-5-10(11)7-12(13)14(15)17-2/h3-8H,9H2,1-2H3. The normalized spacial score (nSPS) is 10.3. The molecule has 2 aromatic carbocycles. The Bertz CT molecular complexity index is 563. The van der Waals surface area contributed by atoms with Crippen LogP contribution < -0.4 is 4.74 Å². The zero-order valence-electron chi connectivity index (χ0n) is 10.3. The lowest BCUT2D eigenvalue weighted by atomic mass is 10.1. The summed E-state index contributed by atoms with van der Waals surface area (Å²) in [5.74, 6) is 0.0363. The maximum Gasteiger partial charge on any atom is 0.341 e. The Morgan fingerprint density at radius 3 is 2.39 bits per heavy atom. The predicted molar refractivity (Wildman–Crippen MR) is 67.8 cm³/mol. The number of hydrogen-bond acceptors (Lipinski definition) is 4. The molecule has 0 radical (unpaired) electrons. The van der Waals surface area contributed by atoms with Crippen molar-refractivity contribution in [3.63, 3.8) is 0 Å². The van der Waals surface area contributed by atoms with Gasteiger partial charge in [-0.05, 0) is 22.9 Å². The maximum absolute atomic E-state index is 11.7. The quantitative estimate of drug-likeness (QED) is 0.614. The van der Waals surface area contributed by atoms with E-state index in [-0.39, 0.29) is 6.79 Å². The fourth-order valence-corrected chi connectivity index (χ4v) is 1.73. The molecule has 0 unspecified atom stereocenters. The zero-order valence-corrected chi connectivity index (χ0v) is 10.3. The lowest BCUT2D eigenvalue weighted by molar-refractivity contribution is 0.0466. The van der Waals surface area contributed by atoms with Crippen LogP contribution in [-0.2, 0) is 9.47 Å². The van der Waals surface area contributed by atoms with E-state index >= 15 is 0 Å². The van der Waals surface area contributed by atoms with Crippen LogP contribution in [-0.4, -0.2) is 27.0 Å². The summed E-state index contributed by atoms with van der Waals surface area (Å²) in [5.41, 5.74) is 0.397. The molecule has 0 amide bonds. The molecule has 4 heteroatoms. The number of hydrogen-bond donors (Lipinski definition) is 0. The van der Waals surface area contributed by atoms with Gasteiger partial charge in [0.25, 0.3) is 0 Å². The molecular weight excluding hydrogens is 232 g/mol. The first-order chi connectivity index (χ1) is 8.76. The van der Waals surface area contributed by atoms with Gasteiger partial charge >= 0.3 is 5.97 Å². The smallest absolute Gasteiger partial charge is 0.341 e. The second-order valence-electron chi connectivity index (χ2n) is 3.74. The van der Waals surface area contributed by atoms with Crippen molar-refractivity contribution in [1.29, 1.82) is 0 Å². The first-order valence-corrected chi connectivity index (χ1v) is 5.49. The molecule has 0 aliphatic heterocycles. The minimum absolute atomic E-state index is 0.0856. The van der Waals surface area contributed by atoms with E-state index in [2.05, 4.69) is 0 Å². The summed E-state index contributed by atoms with van der Waals surface area (Å²) in [6.07, 6.45) is 0. The fraction of sp³-hybridized carbons (Fsp3) is 0.214. The Morgan fingerprint density at radius 2 is 1.78 bits per heavy atom. The second-order valence-corrected chi connectivity index (χ2v) is 3.74. The van der Waals surface area contributed by atoms with Gasteiger partial charge in [-0.15, -0.1) is 0 Å². The lowest BCUT2D eigenvalue weighted by Gasteiger charge is -2.11. The van der Waals surface area contributed by atoms with Crippen LogP contribution in [0.25, 0.3) is 10.8 Å². The highest BCUT2D eigenvalue weighted by atomic mass is 16.7. The van der Waals surface area contributed by atoms with Crippen molar-refractivity contribution >= 4 is 16.7 Å². The van der Waals surface area contributed by atoms with E-state index < -0.39 is 5.97 Å². The van der Waals surface area contributed by atoms with Crippen LogP contribution in [0.15, 0.2) is 36.4 Å². The van der Waals surface area contributed by atoms with Gasteiger partial charge in [0.15, 0.2) is 6.79 Å². The average molecular weight is 246 g/mol. The van der Waals surface area contributed by atoms with Gasteiger partial charge in [0, 0.05) is 7.11 Å². The van der Waals surface area contributed by atoms with Crippen molar-refractivity contribution in [1.82, 2.24) is 0 Å². The van der Waals surface area contributed by atoms with Crippen LogP contribution in [0.2, 0.25) is 0 Å². The maximum atomic E-state index is 11.7. The summed E-state index contributed by atoms with van der Waals surface area (Å²) < 4.78 is 15.0. The Morgan fingerprint density at radius 1 is 1.11 bits per heavy atom. The molecule has 0 aliphatic carbocycles. The van der Waals surface area contributed by atoms with Gasteiger partial charge in [0.05, 0.1) is 7.11 Å². The van der Waals surface area contributed by atoms with Crippen LogP contribution in [0.4, 0.5) is 0 Å². The number of benzene rings is 2. The van der Waals surface area contributed by atoms with Gasteiger partial charge < -0.3 is 14.2 Å². The molecule has 94 valence electrons. The van der Waals surface area contributed by atoms with Crippen molar-refractivity contribution in [2.75, 3.05) is 21.0 Å². The largest absolute Gasteiger partial charge is 0.467 e. The highest BCUT2D eigenvalue weighted by Crippen LogP contribution is 2.26. The number of esters is 1. The first kappa shape index (κ1) is 12.4. The number of carbonyl (C=O) groups is 1. The molecule has 0 fully saturated rings. The summed E-state index contributed by atoms with van der Waals surface area (Å²) in [5, 5.41) is 1.96. The molecule has 0 aromatic heterocycles. The van der Waals surface area contributed by atoms with Crippen molar-refractivity contribution in [3.8, 4) is 5.75 Å². The number of carbonyl (C=O) groups excluding carboxylic acids is 1.